The Morgan fingerprint density at radius 1 is 1.64 bits per heavy atom. The molecule has 0 bridgehead atoms. The second-order valence-electron chi connectivity index (χ2n) is 3.16. The van der Waals surface area contributed by atoms with Crippen LogP contribution in [0, 0.1) is 5.92 Å². The van der Waals surface area contributed by atoms with E-state index in [0.717, 1.165) is 12.8 Å². The topological polar surface area (TPSA) is 29.5 Å². The average Bonchev–Trinajstić information content (AvgIpc) is 2.00. The van der Waals surface area contributed by atoms with Crippen molar-refractivity contribution >= 4 is 0 Å². The minimum Gasteiger partial charge on any atom is -0.251 e. The van der Waals surface area contributed by atoms with Crippen LogP contribution in [-0.2, 0) is 4.89 Å². The first-order valence-corrected chi connectivity index (χ1v) is 4.09. The number of rotatable bonds is 5. The minimum atomic E-state index is -0.547. The Hall–Kier alpha value is -0.340. The van der Waals surface area contributed by atoms with E-state index in [1.54, 1.807) is 6.08 Å². The SMILES string of the molecule is C=CC(CCC)(OO)C(C)C. The summed E-state index contributed by atoms with van der Waals surface area (Å²) in [6, 6.07) is 0. The van der Waals surface area contributed by atoms with Gasteiger partial charge < -0.3 is 0 Å². The van der Waals surface area contributed by atoms with E-state index in [1.165, 1.54) is 0 Å². The molecule has 0 rings (SSSR count). The van der Waals surface area contributed by atoms with E-state index in [0.29, 0.717) is 0 Å². The lowest BCUT2D eigenvalue weighted by Crippen LogP contribution is -2.34. The Bertz CT molecular complexity index is 121. The summed E-state index contributed by atoms with van der Waals surface area (Å²) in [5, 5.41) is 8.71. The van der Waals surface area contributed by atoms with Crippen LogP contribution in [0.1, 0.15) is 33.6 Å². The van der Waals surface area contributed by atoms with Gasteiger partial charge in [-0.15, -0.1) is 6.58 Å². The molecule has 2 heteroatoms. The molecule has 0 amide bonds. The summed E-state index contributed by atoms with van der Waals surface area (Å²) in [7, 11) is 0. The summed E-state index contributed by atoms with van der Waals surface area (Å²) in [6.45, 7) is 9.73. The van der Waals surface area contributed by atoms with Crippen molar-refractivity contribution in [3.8, 4) is 0 Å². The average molecular weight is 158 g/mol. The van der Waals surface area contributed by atoms with Gasteiger partial charge in [-0.1, -0.05) is 33.3 Å². The van der Waals surface area contributed by atoms with Gasteiger partial charge in [0.2, 0.25) is 0 Å². The molecule has 0 fully saturated rings. The zero-order valence-electron chi connectivity index (χ0n) is 7.63. The van der Waals surface area contributed by atoms with Crippen LogP contribution in [0.5, 0.6) is 0 Å². The first-order chi connectivity index (χ1) is 5.13. The molecule has 66 valence electrons. The molecular formula is C9H18O2. The van der Waals surface area contributed by atoms with Crippen molar-refractivity contribution in [3.05, 3.63) is 12.7 Å². The lowest BCUT2D eigenvalue weighted by molar-refractivity contribution is -0.320. The molecule has 2 nitrogen and oxygen atoms in total. The van der Waals surface area contributed by atoms with Crippen molar-refractivity contribution in [3.63, 3.8) is 0 Å². The maximum Gasteiger partial charge on any atom is 0.123 e. The summed E-state index contributed by atoms with van der Waals surface area (Å²) < 4.78 is 0. The molecule has 0 radical (unpaired) electrons. The first-order valence-electron chi connectivity index (χ1n) is 4.09. The minimum absolute atomic E-state index is 0.255. The standard InChI is InChI=1S/C9H18O2/c1-5-7-9(6-2,11-10)8(3)4/h6,8,10H,2,5,7H2,1,3-4H3. The first kappa shape index (κ1) is 10.7. The van der Waals surface area contributed by atoms with Crippen molar-refractivity contribution < 1.29 is 10.1 Å². The fourth-order valence-electron chi connectivity index (χ4n) is 1.21. The van der Waals surface area contributed by atoms with Gasteiger partial charge in [0.05, 0.1) is 0 Å². The molecular weight excluding hydrogens is 140 g/mol. The Balaban J connectivity index is 4.32. The third kappa shape index (κ3) is 2.31. The zero-order valence-corrected chi connectivity index (χ0v) is 7.63. The van der Waals surface area contributed by atoms with Crippen molar-refractivity contribution in [2.45, 2.75) is 39.2 Å². The van der Waals surface area contributed by atoms with Crippen LogP contribution in [0.4, 0.5) is 0 Å². The van der Waals surface area contributed by atoms with Crippen LogP contribution in [0.2, 0.25) is 0 Å². The third-order valence-electron chi connectivity index (χ3n) is 2.13. The van der Waals surface area contributed by atoms with E-state index < -0.39 is 5.60 Å². The van der Waals surface area contributed by atoms with Crippen LogP contribution >= 0.6 is 0 Å². The van der Waals surface area contributed by atoms with Crippen molar-refractivity contribution in [2.24, 2.45) is 5.92 Å². The van der Waals surface area contributed by atoms with Gasteiger partial charge in [-0.05, 0) is 12.3 Å². The van der Waals surface area contributed by atoms with Crippen LogP contribution in [0.3, 0.4) is 0 Å². The van der Waals surface area contributed by atoms with E-state index in [9.17, 15) is 0 Å². The second kappa shape index (κ2) is 4.52. The maximum absolute atomic E-state index is 8.71. The van der Waals surface area contributed by atoms with Crippen LogP contribution in [0.15, 0.2) is 12.7 Å². The molecule has 0 aliphatic heterocycles. The Kier molecular flexibility index (Phi) is 4.38. The lowest BCUT2D eigenvalue weighted by atomic mass is 9.86. The highest BCUT2D eigenvalue weighted by Gasteiger charge is 2.30. The largest absolute Gasteiger partial charge is 0.251 e. The van der Waals surface area contributed by atoms with Crippen LogP contribution in [-0.4, -0.2) is 10.9 Å². The number of hydrogen-bond donors (Lipinski definition) is 1. The molecule has 0 heterocycles. The molecule has 0 aromatic heterocycles. The molecule has 0 saturated heterocycles. The molecule has 0 aromatic rings. The Morgan fingerprint density at radius 2 is 2.18 bits per heavy atom. The monoisotopic (exact) mass is 158 g/mol. The van der Waals surface area contributed by atoms with Gasteiger partial charge in [-0.3, -0.25) is 5.26 Å². The van der Waals surface area contributed by atoms with Gasteiger partial charge >= 0.3 is 0 Å². The van der Waals surface area contributed by atoms with Crippen LogP contribution < -0.4 is 0 Å². The Morgan fingerprint density at radius 3 is 2.27 bits per heavy atom. The van der Waals surface area contributed by atoms with E-state index in [-0.39, 0.29) is 5.92 Å². The molecule has 0 saturated carbocycles. The van der Waals surface area contributed by atoms with E-state index in [2.05, 4.69) is 18.4 Å². The van der Waals surface area contributed by atoms with Gasteiger partial charge in [0, 0.05) is 0 Å². The Labute approximate surface area is 68.8 Å². The quantitative estimate of drug-likeness (QED) is 0.379. The second-order valence-corrected chi connectivity index (χ2v) is 3.16. The van der Waals surface area contributed by atoms with E-state index in [4.69, 9.17) is 5.26 Å². The van der Waals surface area contributed by atoms with Gasteiger partial charge in [0.25, 0.3) is 0 Å². The van der Waals surface area contributed by atoms with Crippen molar-refractivity contribution in [1.29, 1.82) is 0 Å². The van der Waals surface area contributed by atoms with E-state index in [1.807, 2.05) is 13.8 Å². The summed E-state index contributed by atoms with van der Waals surface area (Å²) in [5.74, 6) is 0.255. The highest BCUT2D eigenvalue weighted by atomic mass is 17.1. The maximum atomic E-state index is 8.71. The zero-order chi connectivity index (χ0) is 8.91. The highest BCUT2D eigenvalue weighted by Crippen LogP contribution is 2.27. The van der Waals surface area contributed by atoms with Crippen molar-refractivity contribution in [2.75, 3.05) is 0 Å². The molecule has 1 unspecified atom stereocenters. The molecule has 1 N–H and O–H groups in total. The third-order valence-corrected chi connectivity index (χ3v) is 2.13. The summed E-state index contributed by atoms with van der Waals surface area (Å²) in [6.07, 6.45) is 3.47. The smallest absolute Gasteiger partial charge is 0.123 e. The molecule has 0 aliphatic rings. The van der Waals surface area contributed by atoms with Gasteiger partial charge in [-0.25, -0.2) is 4.89 Å². The predicted molar refractivity (Wildman–Crippen MR) is 46.4 cm³/mol. The normalized spacial score (nSPS) is 16.5. The van der Waals surface area contributed by atoms with Gasteiger partial charge in [0.1, 0.15) is 5.60 Å². The fraction of sp³-hybridized carbons (Fsp3) is 0.778. The van der Waals surface area contributed by atoms with Crippen LogP contribution in [0.25, 0.3) is 0 Å². The summed E-state index contributed by atoms with van der Waals surface area (Å²) in [4.78, 5) is 4.47. The highest BCUT2D eigenvalue weighted by molar-refractivity contribution is 4.98. The summed E-state index contributed by atoms with van der Waals surface area (Å²) >= 11 is 0. The molecule has 11 heavy (non-hydrogen) atoms. The lowest BCUT2D eigenvalue weighted by Gasteiger charge is -2.30. The molecule has 0 aliphatic carbocycles. The van der Waals surface area contributed by atoms with Crippen molar-refractivity contribution in [1.82, 2.24) is 0 Å². The number of hydrogen-bond acceptors (Lipinski definition) is 2. The molecule has 1 atom stereocenters. The predicted octanol–water partition coefficient (Wildman–Crippen LogP) is 2.86. The van der Waals surface area contributed by atoms with E-state index >= 15 is 0 Å². The molecule has 0 aromatic carbocycles. The fourth-order valence-corrected chi connectivity index (χ4v) is 1.21. The summed E-state index contributed by atoms with van der Waals surface area (Å²) in [5.41, 5.74) is -0.547. The van der Waals surface area contributed by atoms with Gasteiger partial charge in [-0.2, -0.15) is 0 Å². The molecule has 0 spiro atoms. The van der Waals surface area contributed by atoms with Gasteiger partial charge in [0.15, 0.2) is 0 Å².